The molecule has 4 nitrogen and oxygen atoms in total. The van der Waals surface area contributed by atoms with E-state index in [-0.39, 0.29) is 4.21 Å². The van der Waals surface area contributed by atoms with E-state index >= 15 is 0 Å². The number of thiophene rings is 2. The lowest BCUT2D eigenvalue weighted by Gasteiger charge is -1.91. The number of methoxy groups -OCH3 is 1. The summed E-state index contributed by atoms with van der Waals surface area (Å²) < 4.78 is 28.2. The van der Waals surface area contributed by atoms with Crippen LogP contribution >= 0.6 is 33.4 Å². The molecule has 0 aliphatic rings. The Hall–Kier alpha value is -0.630. The van der Waals surface area contributed by atoms with Gasteiger partial charge in [0.25, 0.3) is 9.05 Å². The molecule has 0 aliphatic heterocycles. The molecule has 0 aliphatic carbocycles. The van der Waals surface area contributed by atoms with E-state index in [0.29, 0.717) is 14.3 Å². The fraction of sp³-hybridized carbons (Fsp3) is 0.125. The molecule has 0 atom stereocenters. The molecule has 0 radical (unpaired) electrons. The number of carbonyl (C=O) groups excluding carboxylic acids is 1. The monoisotopic (exact) mass is 296 g/mol. The van der Waals surface area contributed by atoms with Crippen molar-refractivity contribution in [2.24, 2.45) is 0 Å². The maximum Gasteiger partial charge on any atom is 0.348 e. The smallest absolute Gasteiger partial charge is 0.348 e. The van der Waals surface area contributed by atoms with Crippen LogP contribution in [0.1, 0.15) is 9.67 Å². The van der Waals surface area contributed by atoms with Crippen LogP contribution in [0.5, 0.6) is 0 Å². The van der Waals surface area contributed by atoms with Crippen molar-refractivity contribution in [1.82, 2.24) is 0 Å². The van der Waals surface area contributed by atoms with Crippen molar-refractivity contribution in [2.75, 3.05) is 7.11 Å². The fourth-order valence-corrected chi connectivity index (χ4v) is 4.60. The summed E-state index contributed by atoms with van der Waals surface area (Å²) >= 11 is 2.22. The molecule has 0 bridgehead atoms. The quantitative estimate of drug-likeness (QED) is 0.631. The van der Waals surface area contributed by atoms with E-state index in [4.69, 9.17) is 10.7 Å². The Morgan fingerprint density at radius 1 is 1.31 bits per heavy atom. The highest BCUT2D eigenvalue weighted by Crippen LogP contribution is 2.36. The highest BCUT2D eigenvalue weighted by molar-refractivity contribution is 8.15. The van der Waals surface area contributed by atoms with Gasteiger partial charge in [0.15, 0.2) is 0 Å². The number of esters is 1. The number of fused-ring (bicyclic) bond motifs is 1. The lowest BCUT2D eigenvalue weighted by atomic mass is 10.4. The zero-order chi connectivity index (χ0) is 11.9. The van der Waals surface area contributed by atoms with E-state index in [1.165, 1.54) is 24.5 Å². The first-order chi connectivity index (χ1) is 7.41. The summed E-state index contributed by atoms with van der Waals surface area (Å²) in [6.45, 7) is 0. The van der Waals surface area contributed by atoms with Crippen LogP contribution in [0.25, 0.3) is 9.40 Å². The molecule has 16 heavy (non-hydrogen) atoms. The third-order valence-corrected chi connectivity index (χ3v) is 6.16. The Labute approximate surface area is 104 Å². The average Bonchev–Trinajstić information content (AvgIpc) is 2.71. The standard InChI is InChI=1S/C8H5ClO4S3/c1-13-8(10)6-2-4-5(14-6)3-7(15-4)16(9,11)12/h2-3H,1H3. The second-order valence-corrected chi connectivity index (χ2v) is 7.79. The molecule has 0 spiro atoms. The molecule has 0 amide bonds. The molecule has 86 valence electrons. The molecule has 0 aromatic carbocycles. The van der Waals surface area contributed by atoms with Crippen LogP contribution in [0.3, 0.4) is 0 Å². The molecule has 0 N–H and O–H groups in total. The van der Waals surface area contributed by atoms with Gasteiger partial charge in [0.1, 0.15) is 9.09 Å². The number of carbonyl (C=O) groups is 1. The van der Waals surface area contributed by atoms with Crippen molar-refractivity contribution in [3.8, 4) is 0 Å². The third-order valence-electron chi connectivity index (χ3n) is 1.81. The van der Waals surface area contributed by atoms with Gasteiger partial charge in [-0.25, -0.2) is 13.2 Å². The summed E-state index contributed by atoms with van der Waals surface area (Å²) in [5.41, 5.74) is 0. The molecule has 8 heteroatoms. The number of halogens is 1. The minimum Gasteiger partial charge on any atom is -0.465 e. The summed E-state index contributed by atoms with van der Waals surface area (Å²) in [6, 6.07) is 3.06. The lowest BCUT2D eigenvalue weighted by Crippen LogP contribution is -1.96. The van der Waals surface area contributed by atoms with Crippen molar-refractivity contribution < 1.29 is 17.9 Å². The predicted molar refractivity (Wildman–Crippen MR) is 64.1 cm³/mol. The Bertz CT molecular complexity index is 620. The van der Waals surface area contributed by atoms with Crippen molar-refractivity contribution in [3.05, 3.63) is 17.0 Å². The van der Waals surface area contributed by atoms with Gasteiger partial charge in [-0.3, -0.25) is 0 Å². The van der Waals surface area contributed by atoms with Crippen LogP contribution in [-0.2, 0) is 13.8 Å². The maximum absolute atomic E-state index is 11.2. The number of hydrogen-bond donors (Lipinski definition) is 0. The van der Waals surface area contributed by atoms with Gasteiger partial charge in [-0.15, -0.1) is 22.7 Å². The van der Waals surface area contributed by atoms with E-state index in [9.17, 15) is 13.2 Å². The zero-order valence-electron chi connectivity index (χ0n) is 7.89. The molecule has 0 unspecified atom stereocenters. The van der Waals surface area contributed by atoms with Crippen molar-refractivity contribution >= 4 is 57.8 Å². The Morgan fingerprint density at radius 3 is 2.44 bits per heavy atom. The normalized spacial score (nSPS) is 11.9. The van der Waals surface area contributed by atoms with Gasteiger partial charge in [0.2, 0.25) is 0 Å². The number of hydrogen-bond acceptors (Lipinski definition) is 6. The molecule has 2 aromatic heterocycles. The lowest BCUT2D eigenvalue weighted by molar-refractivity contribution is 0.0606. The summed E-state index contributed by atoms with van der Waals surface area (Å²) in [6.07, 6.45) is 0. The van der Waals surface area contributed by atoms with Gasteiger partial charge in [-0.05, 0) is 12.1 Å². The molecular weight excluding hydrogens is 292 g/mol. The predicted octanol–water partition coefficient (Wildman–Crippen LogP) is 2.68. The fourth-order valence-electron chi connectivity index (χ4n) is 1.13. The first kappa shape index (κ1) is 11.8. The second kappa shape index (κ2) is 3.99. The van der Waals surface area contributed by atoms with E-state index in [1.807, 2.05) is 0 Å². The third kappa shape index (κ3) is 2.08. The van der Waals surface area contributed by atoms with Crippen LogP contribution in [-0.4, -0.2) is 21.5 Å². The molecule has 2 heterocycles. The topological polar surface area (TPSA) is 60.4 Å². The van der Waals surface area contributed by atoms with Gasteiger partial charge in [-0.2, -0.15) is 0 Å². The van der Waals surface area contributed by atoms with Crippen LogP contribution < -0.4 is 0 Å². The van der Waals surface area contributed by atoms with E-state index in [1.54, 1.807) is 6.07 Å². The maximum atomic E-state index is 11.2. The van der Waals surface area contributed by atoms with Crippen molar-refractivity contribution in [1.29, 1.82) is 0 Å². The molecule has 0 saturated carbocycles. The van der Waals surface area contributed by atoms with Crippen molar-refractivity contribution in [3.63, 3.8) is 0 Å². The van der Waals surface area contributed by atoms with Gasteiger partial charge in [0, 0.05) is 20.1 Å². The Morgan fingerprint density at radius 2 is 1.94 bits per heavy atom. The molecule has 2 rings (SSSR count). The largest absolute Gasteiger partial charge is 0.465 e. The van der Waals surface area contributed by atoms with Gasteiger partial charge >= 0.3 is 5.97 Å². The van der Waals surface area contributed by atoms with E-state index in [0.717, 1.165) is 11.3 Å². The highest BCUT2D eigenvalue weighted by Gasteiger charge is 2.18. The molecular formula is C8H5ClO4S3. The second-order valence-electron chi connectivity index (χ2n) is 2.83. The minimum absolute atomic E-state index is 0.0897. The van der Waals surface area contributed by atoms with Crippen molar-refractivity contribution in [2.45, 2.75) is 4.21 Å². The molecule has 0 saturated heterocycles. The van der Waals surface area contributed by atoms with Crippen LogP contribution in [0.4, 0.5) is 0 Å². The first-order valence-corrected chi connectivity index (χ1v) is 7.92. The Kier molecular flexibility index (Phi) is 2.95. The summed E-state index contributed by atoms with van der Waals surface area (Å²) in [7, 11) is 2.82. The summed E-state index contributed by atoms with van der Waals surface area (Å²) in [5, 5.41) is 0. The van der Waals surface area contributed by atoms with Crippen LogP contribution in [0, 0.1) is 0 Å². The molecule has 0 fully saturated rings. The zero-order valence-corrected chi connectivity index (χ0v) is 11.1. The van der Waals surface area contributed by atoms with E-state index < -0.39 is 15.0 Å². The average molecular weight is 297 g/mol. The Balaban J connectivity index is 2.53. The van der Waals surface area contributed by atoms with Crippen LogP contribution in [0.15, 0.2) is 16.3 Å². The SMILES string of the molecule is COC(=O)c1cc2sc(S(=O)(=O)Cl)cc2s1. The summed E-state index contributed by atoms with van der Waals surface area (Å²) in [4.78, 5) is 11.7. The first-order valence-electron chi connectivity index (χ1n) is 3.98. The summed E-state index contributed by atoms with van der Waals surface area (Å²) in [5.74, 6) is -0.427. The minimum atomic E-state index is -3.69. The highest BCUT2D eigenvalue weighted by atomic mass is 35.7. The number of ether oxygens (including phenoxy) is 1. The van der Waals surface area contributed by atoms with Gasteiger partial charge in [0.05, 0.1) is 7.11 Å². The van der Waals surface area contributed by atoms with Crippen LogP contribution in [0.2, 0.25) is 0 Å². The molecule has 2 aromatic rings. The van der Waals surface area contributed by atoms with Gasteiger partial charge < -0.3 is 4.74 Å². The van der Waals surface area contributed by atoms with Gasteiger partial charge in [-0.1, -0.05) is 0 Å². The van der Waals surface area contributed by atoms with E-state index in [2.05, 4.69) is 4.74 Å². The number of rotatable bonds is 2.